The van der Waals surface area contributed by atoms with Gasteiger partial charge in [0.1, 0.15) is 11.6 Å². The molecule has 0 bridgehead atoms. The van der Waals surface area contributed by atoms with Crippen molar-refractivity contribution in [3.63, 3.8) is 0 Å². The van der Waals surface area contributed by atoms with E-state index in [0.29, 0.717) is 17.5 Å². The molecule has 1 heterocycles. The summed E-state index contributed by atoms with van der Waals surface area (Å²) in [4.78, 5) is 6.08. The van der Waals surface area contributed by atoms with E-state index >= 15 is 0 Å². The summed E-state index contributed by atoms with van der Waals surface area (Å²) in [5.74, 6) is 1.53. The SMILES string of the molecule is CC(Oc1ccc(F)cc1)c1nc(N(C)C)n[nH]1. The molecule has 1 aromatic carbocycles. The Morgan fingerprint density at radius 2 is 1.94 bits per heavy atom. The van der Waals surface area contributed by atoms with Crippen LogP contribution in [0.3, 0.4) is 0 Å². The number of benzene rings is 1. The standard InChI is InChI=1S/C12H15FN4O/c1-8(11-14-12(16-15-11)17(2)3)18-10-6-4-9(13)5-7-10/h4-8H,1-3H3,(H,14,15,16). The summed E-state index contributed by atoms with van der Waals surface area (Å²) >= 11 is 0. The minimum absolute atomic E-state index is 0.281. The number of ether oxygens (including phenoxy) is 1. The number of nitrogens with one attached hydrogen (secondary N) is 1. The molecule has 1 unspecified atom stereocenters. The first-order valence-electron chi connectivity index (χ1n) is 5.58. The molecule has 96 valence electrons. The number of aromatic amines is 1. The van der Waals surface area contributed by atoms with Crippen molar-refractivity contribution in [2.75, 3.05) is 19.0 Å². The Balaban J connectivity index is 2.06. The molecule has 2 aromatic rings. The maximum absolute atomic E-state index is 12.7. The van der Waals surface area contributed by atoms with Crippen LogP contribution < -0.4 is 9.64 Å². The monoisotopic (exact) mass is 250 g/mol. The third kappa shape index (κ3) is 2.77. The lowest BCUT2D eigenvalue weighted by atomic mass is 10.3. The van der Waals surface area contributed by atoms with Gasteiger partial charge in [-0.15, -0.1) is 5.10 Å². The molecule has 0 amide bonds. The lowest BCUT2D eigenvalue weighted by molar-refractivity contribution is 0.216. The van der Waals surface area contributed by atoms with Crippen LogP contribution in [0, 0.1) is 5.82 Å². The van der Waals surface area contributed by atoms with Crippen molar-refractivity contribution >= 4 is 5.95 Å². The minimum atomic E-state index is -0.287. The zero-order valence-electron chi connectivity index (χ0n) is 10.5. The number of aromatic nitrogens is 3. The van der Waals surface area contributed by atoms with Crippen molar-refractivity contribution in [1.29, 1.82) is 0 Å². The molecule has 0 aliphatic carbocycles. The first kappa shape index (κ1) is 12.3. The number of rotatable bonds is 4. The van der Waals surface area contributed by atoms with Gasteiger partial charge in [-0.3, -0.25) is 5.10 Å². The molecule has 5 nitrogen and oxygen atoms in total. The van der Waals surface area contributed by atoms with Gasteiger partial charge in [-0.05, 0) is 31.2 Å². The Morgan fingerprint density at radius 3 is 2.50 bits per heavy atom. The third-order valence-corrected chi connectivity index (χ3v) is 2.40. The number of nitrogens with zero attached hydrogens (tertiary/aromatic N) is 3. The molecule has 0 spiro atoms. The van der Waals surface area contributed by atoms with Crippen LogP contribution in [0.15, 0.2) is 24.3 Å². The number of halogens is 1. The van der Waals surface area contributed by atoms with Crippen LogP contribution in [-0.4, -0.2) is 29.3 Å². The lowest BCUT2D eigenvalue weighted by Crippen LogP contribution is -2.11. The second kappa shape index (κ2) is 5.03. The summed E-state index contributed by atoms with van der Waals surface area (Å²) in [6.07, 6.45) is -0.281. The van der Waals surface area contributed by atoms with E-state index in [2.05, 4.69) is 15.2 Å². The molecule has 0 aliphatic heterocycles. The van der Waals surface area contributed by atoms with E-state index in [-0.39, 0.29) is 11.9 Å². The Hall–Kier alpha value is -2.11. The van der Waals surface area contributed by atoms with Gasteiger partial charge >= 0.3 is 0 Å². The van der Waals surface area contributed by atoms with Gasteiger partial charge in [0.05, 0.1) is 0 Å². The predicted octanol–water partition coefficient (Wildman–Crippen LogP) is 2.15. The Kier molecular flexibility index (Phi) is 3.45. The van der Waals surface area contributed by atoms with Gasteiger partial charge in [-0.2, -0.15) is 4.98 Å². The second-order valence-electron chi connectivity index (χ2n) is 4.13. The second-order valence-corrected chi connectivity index (χ2v) is 4.13. The van der Waals surface area contributed by atoms with Crippen molar-refractivity contribution in [3.05, 3.63) is 35.9 Å². The first-order valence-corrected chi connectivity index (χ1v) is 5.58. The quantitative estimate of drug-likeness (QED) is 0.903. The van der Waals surface area contributed by atoms with Crippen LogP contribution >= 0.6 is 0 Å². The molecule has 0 aliphatic rings. The number of anilines is 1. The van der Waals surface area contributed by atoms with E-state index in [9.17, 15) is 4.39 Å². The summed E-state index contributed by atoms with van der Waals surface area (Å²) in [7, 11) is 3.72. The zero-order valence-corrected chi connectivity index (χ0v) is 10.5. The minimum Gasteiger partial charge on any atom is -0.483 e. The average molecular weight is 250 g/mol. The highest BCUT2D eigenvalue weighted by atomic mass is 19.1. The van der Waals surface area contributed by atoms with Crippen LogP contribution in [0.4, 0.5) is 10.3 Å². The van der Waals surface area contributed by atoms with Gasteiger partial charge in [0.2, 0.25) is 5.95 Å². The smallest absolute Gasteiger partial charge is 0.244 e. The first-order chi connectivity index (χ1) is 8.56. The van der Waals surface area contributed by atoms with Crippen molar-refractivity contribution < 1.29 is 9.13 Å². The van der Waals surface area contributed by atoms with E-state index in [0.717, 1.165) is 0 Å². The van der Waals surface area contributed by atoms with Crippen LogP contribution in [0.25, 0.3) is 0 Å². The lowest BCUT2D eigenvalue weighted by Gasteiger charge is -2.11. The molecule has 0 fully saturated rings. The summed E-state index contributed by atoms with van der Waals surface area (Å²) in [6.45, 7) is 1.85. The molecule has 0 saturated carbocycles. The van der Waals surface area contributed by atoms with Gasteiger partial charge in [-0.1, -0.05) is 0 Å². The molecule has 1 aromatic heterocycles. The molecule has 18 heavy (non-hydrogen) atoms. The highest BCUT2D eigenvalue weighted by Crippen LogP contribution is 2.20. The topological polar surface area (TPSA) is 54.0 Å². The van der Waals surface area contributed by atoms with Gasteiger partial charge < -0.3 is 9.64 Å². The van der Waals surface area contributed by atoms with E-state index in [1.807, 2.05) is 21.0 Å². The molecule has 0 radical (unpaired) electrons. The van der Waals surface area contributed by atoms with Gasteiger partial charge in [0.15, 0.2) is 11.9 Å². The molecule has 2 rings (SSSR count). The molecule has 1 N–H and O–H groups in total. The number of H-pyrrole nitrogens is 1. The molecule has 6 heteroatoms. The fourth-order valence-electron chi connectivity index (χ4n) is 1.42. The molecule has 0 saturated heterocycles. The zero-order chi connectivity index (χ0) is 13.1. The van der Waals surface area contributed by atoms with Crippen molar-refractivity contribution in [3.8, 4) is 5.75 Å². The summed E-state index contributed by atoms with van der Waals surface area (Å²) < 4.78 is 18.4. The van der Waals surface area contributed by atoms with Crippen LogP contribution in [0.1, 0.15) is 18.9 Å². The molecular formula is C12H15FN4O. The van der Waals surface area contributed by atoms with Gasteiger partial charge in [-0.25, -0.2) is 4.39 Å². The largest absolute Gasteiger partial charge is 0.483 e. The molecule has 1 atom stereocenters. The third-order valence-electron chi connectivity index (χ3n) is 2.40. The summed E-state index contributed by atoms with van der Waals surface area (Å²) in [5.41, 5.74) is 0. The van der Waals surface area contributed by atoms with E-state index in [1.165, 1.54) is 12.1 Å². The van der Waals surface area contributed by atoms with Crippen LogP contribution in [0.2, 0.25) is 0 Å². The summed E-state index contributed by atoms with van der Waals surface area (Å²) in [6, 6.07) is 5.87. The fourth-order valence-corrected chi connectivity index (χ4v) is 1.42. The fraction of sp³-hybridized carbons (Fsp3) is 0.333. The number of hydrogen-bond donors (Lipinski definition) is 1. The predicted molar refractivity (Wildman–Crippen MR) is 66.2 cm³/mol. The normalized spacial score (nSPS) is 12.2. The maximum atomic E-state index is 12.7. The maximum Gasteiger partial charge on any atom is 0.244 e. The highest BCUT2D eigenvalue weighted by Gasteiger charge is 2.13. The number of hydrogen-bond acceptors (Lipinski definition) is 4. The van der Waals surface area contributed by atoms with E-state index < -0.39 is 0 Å². The Morgan fingerprint density at radius 1 is 1.28 bits per heavy atom. The van der Waals surface area contributed by atoms with Crippen molar-refractivity contribution in [1.82, 2.24) is 15.2 Å². The van der Waals surface area contributed by atoms with Crippen LogP contribution in [-0.2, 0) is 0 Å². The van der Waals surface area contributed by atoms with Crippen LogP contribution in [0.5, 0.6) is 5.75 Å². The van der Waals surface area contributed by atoms with E-state index in [1.54, 1.807) is 17.0 Å². The van der Waals surface area contributed by atoms with Crippen molar-refractivity contribution in [2.45, 2.75) is 13.0 Å². The van der Waals surface area contributed by atoms with Crippen molar-refractivity contribution in [2.24, 2.45) is 0 Å². The summed E-state index contributed by atoms with van der Waals surface area (Å²) in [5, 5.41) is 6.86. The highest BCUT2D eigenvalue weighted by molar-refractivity contribution is 5.26. The van der Waals surface area contributed by atoms with Gasteiger partial charge in [0, 0.05) is 14.1 Å². The van der Waals surface area contributed by atoms with Gasteiger partial charge in [0.25, 0.3) is 0 Å². The Labute approximate surface area is 105 Å². The van der Waals surface area contributed by atoms with E-state index in [4.69, 9.17) is 4.74 Å². The Bertz CT molecular complexity index is 509. The molecular weight excluding hydrogens is 235 g/mol. The average Bonchev–Trinajstić information content (AvgIpc) is 2.81.